The van der Waals surface area contributed by atoms with Crippen molar-refractivity contribution in [2.24, 2.45) is 23.7 Å². The number of nitrogens with zero attached hydrogens (tertiary/aromatic N) is 4. The van der Waals surface area contributed by atoms with Crippen LogP contribution in [-0.4, -0.2) is 43.4 Å². The highest BCUT2D eigenvalue weighted by molar-refractivity contribution is 5.80. The van der Waals surface area contributed by atoms with Crippen molar-refractivity contribution in [3.05, 3.63) is 41.7 Å². The molecule has 4 aliphatic heterocycles. The Kier molecular flexibility index (Phi) is 5.36. The van der Waals surface area contributed by atoms with Gasteiger partial charge in [0.25, 0.3) is 0 Å². The number of rotatable bonds is 4. The average molecular weight is 481 g/mol. The van der Waals surface area contributed by atoms with Crippen LogP contribution in [0.25, 0.3) is 5.69 Å². The molecule has 1 aromatic heterocycles. The Morgan fingerprint density at radius 1 is 1.14 bits per heavy atom. The van der Waals surface area contributed by atoms with Crippen molar-refractivity contribution >= 4 is 5.91 Å². The Bertz CT molecular complexity index is 1130. The van der Waals surface area contributed by atoms with E-state index in [0.717, 1.165) is 37.1 Å². The number of fused-ring (bicyclic) bond motifs is 2. The van der Waals surface area contributed by atoms with E-state index in [4.69, 9.17) is 14.5 Å². The van der Waals surface area contributed by atoms with Crippen molar-refractivity contribution in [2.45, 2.75) is 90.4 Å². The van der Waals surface area contributed by atoms with E-state index >= 15 is 0 Å². The topological polar surface area (TPSA) is 78.7 Å². The van der Waals surface area contributed by atoms with Crippen molar-refractivity contribution in [3.63, 3.8) is 0 Å². The van der Waals surface area contributed by atoms with Crippen LogP contribution in [0, 0.1) is 23.7 Å². The van der Waals surface area contributed by atoms with Gasteiger partial charge < -0.3 is 9.64 Å². The van der Waals surface area contributed by atoms with Crippen LogP contribution in [0.2, 0.25) is 0 Å². The van der Waals surface area contributed by atoms with E-state index in [1.54, 1.807) is 4.68 Å². The Labute approximate surface area is 206 Å². The first-order valence-corrected chi connectivity index (χ1v) is 13.1. The third-order valence-corrected chi connectivity index (χ3v) is 9.03. The van der Waals surface area contributed by atoms with Crippen molar-refractivity contribution < 1.29 is 19.3 Å². The normalized spacial score (nSPS) is 38.5. The maximum absolute atomic E-state index is 13.7. The van der Waals surface area contributed by atoms with Crippen LogP contribution in [0.1, 0.15) is 77.5 Å². The van der Waals surface area contributed by atoms with E-state index in [9.17, 15) is 4.79 Å². The Hall–Kier alpha value is -2.29. The van der Waals surface area contributed by atoms with E-state index in [0.29, 0.717) is 18.4 Å². The number of hydrogen-bond donors (Lipinski definition) is 0. The number of ether oxygens (including phenoxy) is 1. The number of aromatic nitrogens is 3. The summed E-state index contributed by atoms with van der Waals surface area (Å²) in [5.41, 5.74) is 2.28. The second kappa shape index (κ2) is 8.11. The fourth-order valence-electron chi connectivity index (χ4n) is 7.01. The van der Waals surface area contributed by atoms with E-state index in [1.165, 1.54) is 5.56 Å². The molecule has 2 bridgehead atoms. The Morgan fingerprint density at radius 3 is 2.77 bits per heavy atom. The van der Waals surface area contributed by atoms with Gasteiger partial charge in [0.05, 0.1) is 18.4 Å². The molecule has 188 valence electrons. The lowest BCUT2D eigenvalue weighted by Crippen LogP contribution is -2.74. The second-order valence-electron chi connectivity index (χ2n) is 11.6. The third kappa shape index (κ3) is 3.48. The summed E-state index contributed by atoms with van der Waals surface area (Å²) < 4.78 is 8.40. The number of piperidine rings is 1. The number of amides is 1. The van der Waals surface area contributed by atoms with Crippen molar-refractivity contribution in [2.75, 3.05) is 0 Å². The molecule has 2 aromatic rings. The maximum atomic E-state index is 13.7. The first kappa shape index (κ1) is 23.1. The zero-order valence-electron chi connectivity index (χ0n) is 21.3. The predicted molar refractivity (Wildman–Crippen MR) is 128 cm³/mol. The summed E-state index contributed by atoms with van der Waals surface area (Å²) in [5.74, 6) is 0.333. The summed E-state index contributed by atoms with van der Waals surface area (Å²) in [6.45, 7) is 10.9. The lowest BCUT2D eigenvalue weighted by atomic mass is 9.57. The number of likely N-dealkylation sites (tertiary alicyclic amines) is 1. The van der Waals surface area contributed by atoms with Crippen LogP contribution in [0.3, 0.4) is 0 Å². The number of carbonyl (C=O) groups is 1. The number of benzene rings is 1. The van der Waals surface area contributed by atoms with Crippen LogP contribution in [-0.2, 0) is 25.9 Å². The molecule has 7 atom stereocenters. The predicted octanol–water partition coefficient (Wildman–Crippen LogP) is 4.58. The van der Waals surface area contributed by atoms with E-state index < -0.39 is 17.6 Å². The molecule has 4 saturated heterocycles. The van der Waals surface area contributed by atoms with E-state index in [-0.39, 0.29) is 23.7 Å². The quantitative estimate of drug-likeness (QED) is 0.596. The molecule has 0 N–H and O–H groups in total. The van der Waals surface area contributed by atoms with Gasteiger partial charge in [-0.3, -0.25) is 4.79 Å². The highest BCUT2D eigenvalue weighted by atomic mass is 17.3. The molecule has 35 heavy (non-hydrogen) atoms. The van der Waals surface area contributed by atoms with Crippen molar-refractivity contribution in [1.29, 1.82) is 0 Å². The van der Waals surface area contributed by atoms with Crippen LogP contribution in [0.5, 0.6) is 0 Å². The van der Waals surface area contributed by atoms with Crippen LogP contribution >= 0.6 is 0 Å². The lowest BCUT2D eigenvalue weighted by Gasteiger charge is -2.61. The molecule has 5 aliphatic rings. The largest absolute Gasteiger partial charge is 0.321 e. The summed E-state index contributed by atoms with van der Waals surface area (Å²) in [6, 6.07) is 8.32. The van der Waals surface area contributed by atoms with Gasteiger partial charge in [-0.15, -0.1) is 5.10 Å². The molecule has 0 unspecified atom stereocenters. The molecule has 1 amide bonds. The molecule has 1 spiro atoms. The average Bonchev–Trinajstić information content (AvgIpc) is 3.19. The highest BCUT2D eigenvalue weighted by Gasteiger charge is 2.70. The number of carbonyl (C=O) groups excluding carboxylic acids is 1. The standard InChI is InChI=1S/C27H36N4O4/c1-16(2)19-7-6-8-21(13-19)31-15-20(28-29-31)14-30-24(32)18(4)23-10-9-17(3)22-11-12-26(5)33-25(30)27(22,23)35-34-26/h6-8,13,15-18,22-23,25H,9-12,14H2,1-5H3/t17-,18-,22+,23+,25-,26+,27-/m1/s1. The van der Waals surface area contributed by atoms with Gasteiger partial charge in [-0.2, -0.15) is 0 Å². The monoisotopic (exact) mass is 480 g/mol. The summed E-state index contributed by atoms with van der Waals surface area (Å²) >= 11 is 0. The molecule has 0 radical (unpaired) electrons. The first-order chi connectivity index (χ1) is 16.7. The van der Waals surface area contributed by atoms with Crippen molar-refractivity contribution in [3.8, 4) is 5.69 Å². The molecule has 1 saturated carbocycles. The van der Waals surface area contributed by atoms with Crippen molar-refractivity contribution in [1.82, 2.24) is 19.9 Å². The minimum Gasteiger partial charge on any atom is -0.321 e. The molecule has 8 nitrogen and oxygen atoms in total. The van der Waals surface area contributed by atoms with Crippen LogP contribution < -0.4 is 0 Å². The van der Waals surface area contributed by atoms with Gasteiger partial charge in [0.15, 0.2) is 11.8 Å². The second-order valence-corrected chi connectivity index (χ2v) is 11.6. The molecule has 1 aliphatic carbocycles. The Balaban J connectivity index is 1.35. The molecular weight excluding hydrogens is 444 g/mol. The third-order valence-electron chi connectivity index (χ3n) is 9.03. The van der Waals surface area contributed by atoms with Gasteiger partial charge in [-0.25, -0.2) is 14.5 Å². The Morgan fingerprint density at radius 2 is 1.97 bits per heavy atom. The minimum absolute atomic E-state index is 0.0783. The summed E-state index contributed by atoms with van der Waals surface area (Å²) in [6.07, 6.45) is 5.19. The molecular formula is C27H36N4O4. The SMILES string of the molecule is CC(C)c1cccc(-n2cc(CN3C(=O)[C@H](C)[C@@H]4CC[C@@H](C)[C@@H]5CC[C@]6(C)OO[C@]54[C@H]3O6)nn2)c1. The van der Waals surface area contributed by atoms with Gasteiger partial charge in [0.1, 0.15) is 5.69 Å². The molecule has 7 rings (SSSR count). The summed E-state index contributed by atoms with van der Waals surface area (Å²) in [5, 5.41) is 8.82. The molecule has 5 fully saturated rings. The summed E-state index contributed by atoms with van der Waals surface area (Å²) in [4.78, 5) is 27.9. The number of hydrogen-bond acceptors (Lipinski definition) is 6. The van der Waals surface area contributed by atoms with Gasteiger partial charge in [-0.1, -0.05) is 45.0 Å². The fourth-order valence-corrected chi connectivity index (χ4v) is 7.01. The van der Waals surface area contributed by atoms with Gasteiger partial charge in [0.2, 0.25) is 11.7 Å². The summed E-state index contributed by atoms with van der Waals surface area (Å²) in [7, 11) is 0. The fraction of sp³-hybridized carbons (Fsp3) is 0.667. The molecule has 5 heterocycles. The highest BCUT2D eigenvalue weighted by Crippen LogP contribution is 2.60. The minimum atomic E-state index is -0.856. The van der Waals surface area contributed by atoms with E-state index in [2.05, 4.69) is 43.2 Å². The van der Waals surface area contributed by atoms with Gasteiger partial charge in [-0.05, 0) is 61.6 Å². The zero-order valence-corrected chi connectivity index (χ0v) is 21.3. The zero-order chi connectivity index (χ0) is 24.5. The molecule has 1 aromatic carbocycles. The lowest BCUT2D eigenvalue weighted by molar-refractivity contribution is -0.548. The van der Waals surface area contributed by atoms with Gasteiger partial charge >= 0.3 is 0 Å². The smallest absolute Gasteiger partial charge is 0.228 e. The molecule has 8 heteroatoms. The van der Waals surface area contributed by atoms with Crippen LogP contribution in [0.4, 0.5) is 0 Å². The van der Waals surface area contributed by atoms with Crippen LogP contribution in [0.15, 0.2) is 30.5 Å². The van der Waals surface area contributed by atoms with Gasteiger partial charge in [0, 0.05) is 18.3 Å². The maximum Gasteiger partial charge on any atom is 0.228 e. The first-order valence-electron chi connectivity index (χ1n) is 13.1. The van der Waals surface area contributed by atoms with E-state index in [1.807, 2.05) is 37.1 Å².